The second-order valence-corrected chi connectivity index (χ2v) is 6.40. The lowest BCUT2D eigenvalue weighted by Crippen LogP contribution is -1.96. The summed E-state index contributed by atoms with van der Waals surface area (Å²) in [5, 5.41) is 0.884. The number of hydrogen-bond donors (Lipinski definition) is 0. The zero-order chi connectivity index (χ0) is 17.5. The van der Waals surface area contributed by atoms with Crippen LogP contribution in [0.25, 0.3) is 22.6 Å². The molecule has 0 N–H and O–H groups in total. The number of pyridine rings is 1. The van der Waals surface area contributed by atoms with E-state index in [1.165, 1.54) is 6.07 Å². The number of benzene rings is 1. The van der Waals surface area contributed by atoms with Crippen molar-refractivity contribution in [3.63, 3.8) is 0 Å². The van der Waals surface area contributed by atoms with Gasteiger partial charge >= 0.3 is 0 Å². The fraction of sp³-hybridized carbons (Fsp3) is 0.150. The summed E-state index contributed by atoms with van der Waals surface area (Å²) in [5.74, 6) is 1.43. The smallest absolute Gasteiger partial charge is 0.197 e. The Labute approximate surface area is 149 Å². The van der Waals surface area contributed by atoms with Crippen molar-refractivity contribution >= 4 is 10.9 Å². The van der Waals surface area contributed by atoms with Crippen molar-refractivity contribution in [3.05, 3.63) is 78.3 Å². The van der Waals surface area contributed by atoms with Gasteiger partial charge in [0.15, 0.2) is 11.6 Å². The first kappa shape index (κ1) is 15.0. The van der Waals surface area contributed by atoms with Gasteiger partial charge in [0.2, 0.25) is 0 Å². The SMILES string of the molecule is Fc1ccc([C@@H]2C[C@H]2c2cnc(-c3ncccn3)nc2)c2cccnc12. The highest BCUT2D eigenvalue weighted by Gasteiger charge is 2.41. The maximum atomic E-state index is 14.0. The van der Waals surface area contributed by atoms with E-state index in [9.17, 15) is 4.39 Å². The van der Waals surface area contributed by atoms with Crippen LogP contribution in [0.15, 0.2) is 61.3 Å². The van der Waals surface area contributed by atoms with E-state index in [4.69, 9.17) is 0 Å². The number of rotatable bonds is 3. The van der Waals surface area contributed by atoms with E-state index in [0.717, 1.165) is 22.9 Å². The molecular weight excluding hydrogens is 329 g/mol. The van der Waals surface area contributed by atoms with Gasteiger partial charge in [-0.1, -0.05) is 12.1 Å². The van der Waals surface area contributed by atoms with Crippen LogP contribution in [0.2, 0.25) is 0 Å². The zero-order valence-corrected chi connectivity index (χ0v) is 13.7. The van der Waals surface area contributed by atoms with Crippen molar-refractivity contribution < 1.29 is 4.39 Å². The number of nitrogens with zero attached hydrogens (tertiary/aromatic N) is 5. The maximum absolute atomic E-state index is 14.0. The summed E-state index contributed by atoms with van der Waals surface area (Å²) in [6.45, 7) is 0. The van der Waals surface area contributed by atoms with Crippen molar-refractivity contribution in [3.8, 4) is 11.6 Å². The molecule has 26 heavy (non-hydrogen) atoms. The van der Waals surface area contributed by atoms with Gasteiger partial charge in [-0.25, -0.2) is 24.3 Å². The third-order valence-corrected chi connectivity index (χ3v) is 4.81. The number of hydrogen-bond acceptors (Lipinski definition) is 5. The lowest BCUT2D eigenvalue weighted by atomic mass is 10.0. The first-order valence-corrected chi connectivity index (χ1v) is 8.44. The standard InChI is InChI=1S/C20H14FN5/c21-17-5-4-13(14-3-1-6-22-18(14)17)16-9-15(16)12-10-25-20(26-11-12)19-23-7-2-8-24-19/h1-8,10-11,15-16H,9H2/t15-,16-/m0/s1. The Morgan fingerprint density at radius 1 is 0.769 bits per heavy atom. The first-order chi connectivity index (χ1) is 12.8. The second kappa shape index (κ2) is 5.91. The molecule has 0 aliphatic heterocycles. The average molecular weight is 343 g/mol. The minimum atomic E-state index is -0.280. The van der Waals surface area contributed by atoms with Crippen LogP contribution in [0.4, 0.5) is 4.39 Å². The molecule has 0 radical (unpaired) electrons. The topological polar surface area (TPSA) is 64.5 Å². The van der Waals surface area contributed by atoms with Crippen molar-refractivity contribution in [2.24, 2.45) is 0 Å². The second-order valence-electron chi connectivity index (χ2n) is 6.40. The molecule has 0 saturated heterocycles. The predicted octanol–water partition coefficient (Wildman–Crippen LogP) is 3.89. The number of halogens is 1. The molecule has 1 saturated carbocycles. The molecule has 4 aromatic rings. The molecule has 5 rings (SSSR count). The lowest BCUT2D eigenvalue weighted by molar-refractivity contribution is 0.636. The van der Waals surface area contributed by atoms with Gasteiger partial charge < -0.3 is 0 Å². The van der Waals surface area contributed by atoms with Crippen LogP contribution in [-0.4, -0.2) is 24.9 Å². The van der Waals surface area contributed by atoms with Crippen LogP contribution in [0.1, 0.15) is 29.4 Å². The van der Waals surface area contributed by atoms with Crippen LogP contribution < -0.4 is 0 Å². The molecule has 1 aliphatic carbocycles. The Balaban J connectivity index is 1.44. The molecule has 6 heteroatoms. The molecule has 0 spiro atoms. The van der Waals surface area contributed by atoms with Gasteiger partial charge in [-0.15, -0.1) is 0 Å². The highest BCUT2D eigenvalue weighted by atomic mass is 19.1. The highest BCUT2D eigenvalue weighted by molar-refractivity contribution is 5.83. The Kier molecular flexibility index (Phi) is 3.41. The van der Waals surface area contributed by atoms with Crippen LogP contribution in [0.3, 0.4) is 0 Å². The van der Waals surface area contributed by atoms with Gasteiger partial charge in [0.05, 0.1) is 0 Å². The summed E-state index contributed by atoms with van der Waals surface area (Å²) >= 11 is 0. The van der Waals surface area contributed by atoms with Crippen LogP contribution >= 0.6 is 0 Å². The molecule has 3 aromatic heterocycles. The van der Waals surface area contributed by atoms with E-state index in [0.29, 0.717) is 29.0 Å². The molecule has 1 fully saturated rings. The molecule has 0 bridgehead atoms. The Morgan fingerprint density at radius 2 is 1.50 bits per heavy atom. The van der Waals surface area contributed by atoms with Gasteiger partial charge in [0.1, 0.15) is 11.3 Å². The summed E-state index contributed by atoms with van der Waals surface area (Å²) in [6, 6.07) is 8.92. The molecule has 1 aliphatic rings. The van der Waals surface area contributed by atoms with E-state index in [2.05, 4.69) is 24.9 Å². The molecule has 126 valence electrons. The monoisotopic (exact) mass is 343 g/mol. The number of fused-ring (bicyclic) bond motifs is 1. The van der Waals surface area contributed by atoms with E-state index >= 15 is 0 Å². The average Bonchev–Trinajstić information content (AvgIpc) is 3.50. The van der Waals surface area contributed by atoms with Crippen LogP contribution in [-0.2, 0) is 0 Å². The van der Waals surface area contributed by atoms with E-state index in [1.807, 2.05) is 30.6 Å². The van der Waals surface area contributed by atoms with Gasteiger partial charge in [0, 0.05) is 36.4 Å². The van der Waals surface area contributed by atoms with Gasteiger partial charge in [0.25, 0.3) is 0 Å². The van der Waals surface area contributed by atoms with Crippen molar-refractivity contribution in [2.45, 2.75) is 18.3 Å². The molecule has 0 unspecified atom stereocenters. The lowest BCUT2D eigenvalue weighted by Gasteiger charge is -2.07. The third kappa shape index (κ3) is 2.50. The predicted molar refractivity (Wildman–Crippen MR) is 94.9 cm³/mol. The minimum Gasteiger partial charge on any atom is -0.253 e. The van der Waals surface area contributed by atoms with Gasteiger partial charge in [-0.05, 0) is 47.6 Å². The Hall–Kier alpha value is -3.28. The summed E-state index contributed by atoms with van der Waals surface area (Å²) < 4.78 is 14.0. The van der Waals surface area contributed by atoms with Crippen LogP contribution in [0, 0.1) is 5.82 Å². The van der Waals surface area contributed by atoms with Crippen molar-refractivity contribution in [1.82, 2.24) is 24.9 Å². The normalized spacial score (nSPS) is 18.8. The Morgan fingerprint density at radius 3 is 2.31 bits per heavy atom. The number of aromatic nitrogens is 5. The molecule has 1 aromatic carbocycles. The van der Waals surface area contributed by atoms with E-state index < -0.39 is 0 Å². The summed E-state index contributed by atoms with van der Waals surface area (Å²) in [6.07, 6.45) is 9.65. The molecule has 5 nitrogen and oxygen atoms in total. The largest absolute Gasteiger partial charge is 0.253 e. The van der Waals surface area contributed by atoms with E-state index in [-0.39, 0.29) is 5.82 Å². The van der Waals surface area contributed by atoms with E-state index in [1.54, 1.807) is 24.7 Å². The van der Waals surface area contributed by atoms with Crippen molar-refractivity contribution in [1.29, 1.82) is 0 Å². The van der Waals surface area contributed by atoms with Gasteiger partial charge in [-0.2, -0.15) is 0 Å². The van der Waals surface area contributed by atoms with Crippen LogP contribution in [0.5, 0.6) is 0 Å². The quantitative estimate of drug-likeness (QED) is 0.565. The minimum absolute atomic E-state index is 0.280. The Bertz CT molecular complexity index is 1080. The molecular formula is C20H14FN5. The summed E-state index contributed by atoms with van der Waals surface area (Å²) in [5.41, 5.74) is 2.65. The fourth-order valence-corrected chi connectivity index (χ4v) is 3.45. The third-order valence-electron chi connectivity index (χ3n) is 4.81. The molecule has 2 atom stereocenters. The molecule has 0 amide bonds. The summed E-state index contributed by atoms with van der Waals surface area (Å²) in [4.78, 5) is 21.3. The zero-order valence-electron chi connectivity index (χ0n) is 13.7. The maximum Gasteiger partial charge on any atom is 0.197 e. The fourth-order valence-electron chi connectivity index (χ4n) is 3.45. The first-order valence-electron chi connectivity index (χ1n) is 8.44. The summed E-state index contributed by atoms with van der Waals surface area (Å²) in [7, 11) is 0. The van der Waals surface area contributed by atoms with Crippen molar-refractivity contribution in [2.75, 3.05) is 0 Å². The highest BCUT2D eigenvalue weighted by Crippen LogP contribution is 2.55. The molecule has 3 heterocycles. The van der Waals surface area contributed by atoms with Gasteiger partial charge in [-0.3, -0.25) is 4.98 Å².